The largest absolute Gasteiger partial charge is 0.497 e. The molecule has 2 rings (SSSR count). The summed E-state index contributed by atoms with van der Waals surface area (Å²) in [6, 6.07) is 7.83. The standard InChI is InChI=1S/C12H14N2O2S/c1-16-10-4-2-9(3-5-10)8-14-7-6-11(15)13-12(14)17/h2-5H,6-8H2,1H3,(H,13,15,17). The van der Waals surface area contributed by atoms with Crippen LogP contribution < -0.4 is 10.1 Å². The summed E-state index contributed by atoms with van der Waals surface area (Å²) in [6.45, 7) is 1.39. The number of hydrogen-bond donors (Lipinski definition) is 1. The molecule has 0 radical (unpaired) electrons. The summed E-state index contributed by atoms with van der Waals surface area (Å²) >= 11 is 5.12. The van der Waals surface area contributed by atoms with Crippen LogP contribution in [0.15, 0.2) is 24.3 Å². The lowest BCUT2D eigenvalue weighted by Crippen LogP contribution is -2.48. The fourth-order valence-corrected chi connectivity index (χ4v) is 1.97. The summed E-state index contributed by atoms with van der Waals surface area (Å²) in [5.74, 6) is 0.837. The third-order valence-electron chi connectivity index (χ3n) is 2.67. The Labute approximate surface area is 106 Å². The van der Waals surface area contributed by atoms with Crippen LogP contribution in [0.5, 0.6) is 5.75 Å². The molecule has 1 heterocycles. The highest BCUT2D eigenvalue weighted by Gasteiger charge is 2.19. The fourth-order valence-electron chi connectivity index (χ4n) is 1.70. The highest BCUT2D eigenvalue weighted by atomic mass is 32.1. The average molecular weight is 250 g/mol. The van der Waals surface area contributed by atoms with Gasteiger partial charge in [-0.25, -0.2) is 0 Å². The second kappa shape index (κ2) is 5.14. The maximum absolute atomic E-state index is 11.1. The van der Waals surface area contributed by atoms with Gasteiger partial charge >= 0.3 is 0 Å². The van der Waals surface area contributed by atoms with Crippen LogP contribution in [0, 0.1) is 0 Å². The number of carbonyl (C=O) groups excluding carboxylic acids is 1. The van der Waals surface area contributed by atoms with Gasteiger partial charge in [-0.2, -0.15) is 0 Å². The van der Waals surface area contributed by atoms with Gasteiger partial charge in [-0.1, -0.05) is 12.1 Å². The molecule has 4 nitrogen and oxygen atoms in total. The molecule has 90 valence electrons. The lowest BCUT2D eigenvalue weighted by Gasteiger charge is -2.29. The van der Waals surface area contributed by atoms with Crippen molar-refractivity contribution in [2.24, 2.45) is 0 Å². The van der Waals surface area contributed by atoms with Crippen LogP contribution in [0.4, 0.5) is 0 Å². The molecule has 0 atom stereocenters. The quantitative estimate of drug-likeness (QED) is 0.821. The summed E-state index contributed by atoms with van der Waals surface area (Å²) in [5.41, 5.74) is 1.14. The van der Waals surface area contributed by atoms with E-state index in [2.05, 4.69) is 5.32 Å². The van der Waals surface area contributed by atoms with Gasteiger partial charge in [-0.05, 0) is 29.9 Å². The lowest BCUT2D eigenvalue weighted by molar-refractivity contribution is -0.120. The van der Waals surface area contributed by atoms with E-state index in [0.717, 1.165) is 11.3 Å². The molecule has 0 saturated carbocycles. The molecule has 0 unspecified atom stereocenters. The molecule has 1 aliphatic rings. The van der Waals surface area contributed by atoms with E-state index in [-0.39, 0.29) is 5.91 Å². The van der Waals surface area contributed by atoms with Gasteiger partial charge in [-0.3, -0.25) is 4.79 Å². The molecular weight excluding hydrogens is 236 g/mol. The van der Waals surface area contributed by atoms with Crippen molar-refractivity contribution < 1.29 is 9.53 Å². The molecule has 5 heteroatoms. The first-order valence-electron chi connectivity index (χ1n) is 5.41. The predicted octanol–water partition coefficient (Wildman–Crippen LogP) is 1.30. The van der Waals surface area contributed by atoms with Crippen LogP contribution in [0.2, 0.25) is 0 Å². The summed E-state index contributed by atoms with van der Waals surface area (Å²) in [6.07, 6.45) is 0.496. The van der Waals surface area contributed by atoms with Crippen molar-refractivity contribution in [3.05, 3.63) is 29.8 Å². The zero-order valence-electron chi connectivity index (χ0n) is 9.60. The number of nitrogens with zero attached hydrogens (tertiary/aromatic N) is 1. The highest BCUT2D eigenvalue weighted by molar-refractivity contribution is 7.80. The minimum Gasteiger partial charge on any atom is -0.497 e. The second-order valence-corrected chi connectivity index (χ2v) is 4.26. The Balaban J connectivity index is 2.00. The van der Waals surface area contributed by atoms with E-state index in [1.54, 1.807) is 7.11 Å². The minimum atomic E-state index is 0.000908. The predicted molar refractivity (Wildman–Crippen MR) is 68.8 cm³/mol. The molecule has 1 amide bonds. The normalized spacial score (nSPS) is 15.7. The van der Waals surface area contributed by atoms with E-state index in [9.17, 15) is 4.79 Å². The van der Waals surface area contributed by atoms with Gasteiger partial charge in [0.2, 0.25) is 5.91 Å². The van der Waals surface area contributed by atoms with Crippen LogP contribution in [0.1, 0.15) is 12.0 Å². The molecule has 1 aliphatic heterocycles. The molecule has 1 aromatic carbocycles. The van der Waals surface area contributed by atoms with Gasteiger partial charge in [0.15, 0.2) is 5.11 Å². The van der Waals surface area contributed by atoms with Crippen molar-refractivity contribution in [1.82, 2.24) is 10.2 Å². The topological polar surface area (TPSA) is 41.6 Å². The zero-order chi connectivity index (χ0) is 12.3. The van der Waals surface area contributed by atoms with Crippen LogP contribution in [-0.4, -0.2) is 29.6 Å². The number of benzene rings is 1. The van der Waals surface area contributed by atoms with Crippen molar-refractivity contribution >= 4 is 23.2 Å². The van der Waals surface area contributed by atoms with Crippen LogP contribution in [0.3, 0.4) is 0 Å². The summed E-state index contributed by atoms with van der Waals surface area (Å²) < 4.78 is 5.10. The monoisotopic (exact) mass is 250 g/mol. The Morgan fingerprint density at radius 2 is 2.12 bits per heavy atom. The number of nitrogens with one attached hydrogen (secondary N) is 1. The SMILES string of the molecule is COc1ccc(CN2CCC(=O)NC2=S)cc1. The maximum Gasteiger partial charge on any atom is 0.227 e. The molecule has 1 aromatic rings. The average Bonchev–Trinajstić information content (AvgIpc) is 2.34. The molecule has 1 saturated heterocycles. The minimum absolute atomic E-state index is 0.000908. The van der Waals surface area contributed by atoms with E-state index < -0.39 is 0 Å². The summed E-state index contributed by atoms with van der Waals surface area (Å²) in [4.78, 5) is 13.1. The van der Waals surface area contributed by atoms with Gasteiger partial charge in [0.1, 0.15) is 5.75 Å². The van der Waals surface area contributed by atoms with Gasteiger partial charge in [-0.15, -0.1) is 0 Å². The molecule has 0 spiro atoms. The number of thiocarbonyl (C=S) groups is 1. The van der Waals surface area contributed by atoms with Crippen LogP contribution in [-0.2, 0) is 11.3 Å². The van der Waals surface area contributed by atoms with Crippen molar-refractivity contribution in [3.8, 4) is 5.75 Å². The smallest absolute Gasteiger partial charge is 0.227 e. The summed E-state index contributed by atoms with van der Waals surface area (Å²) in [7, 11) is 1.64. The molecular formula is C12H14N2O2S. The number of hydrogen-bond acceptors (Lipinski definition) is 3. The Morgan fingerprint density at radius 1 is 1.41 bits per heavy atom. The van der Waals surface area contributed by atoms with E-state index in [0.29, 0.717) is 24.6 Å². The Morgan fingerprint density at radius 3 is 2.71 bits per heavy atom. The number of rotatable bonds is 3. The Kier molecular flexibility index (Phi) is 3.58. The number of amides is 1. The van der Waals surface area contributed by atoms with Crippen molar-refractivity contribution in [3.63, 3.8) is 0 Å². The summed E-state index contributed by atoms with van der Waals surface area (Å²) in [5, 5.41) is 3.18. The van der Waals surface area contributed by atoms with Gasteiger partial charge in [0.25, 0.3) is 0 Å². The third kappa shape index (κ3) is 2.94. The molecule has 0 aliphatic carbocycles. The molecule has 0 aromatic heterocycles. The fraction of sp³-hybridized carbons (Fsp3) is 0.333. The lowest BCUT2D eigenvalue weighted by atomic mass is 10.2. The van der Waals surface area contributed by atoms with E-state index in [1.165, 1.54) is 0 Å². The number of ether oxygens (including phenoxy) is 1. The van der Waals surface area contributed by atoms with E-state index >= 15 is 0 Å². The first-order chi connectivity index (χ1) is 8.19. The Hall–Kier alpha value is -1.62. The van der Waals surface area contributed by atoms with Gasteiger partial charge in [0.05, 0.1) is 7.11 Å². The van der Waals surface area contributed by atoms with Crippen molar-refractivity contribution in [2.75, 3.05) is 13.7 Å². The number of methoxy groups -OCH3 is 1. The molecule has 1 N–H and O–H groups in total. The maximum atomic E-state index is 11.1. The zero-order valence-corrected chi connectivity index (χ0v) is 10.4. The third-order valence-corrected chi connectivity index (χ3v) is 3.04. The molecule has 17 heavy (non-hydrogen) atoms. The number of carbonyl (C=O) groups is 1. The highest BCUT2D eigenvalue weighted by Crippen LogP contribution is 2.14. The van der Waals surface area contributed by atoms with E-state index in [4.69, 9.17) is 17.0 Å². The van der Waals surface area contributed by atoms with Crippen molar-refractivity contribution in [1.29, 1.82) is 0 Å². The van der Waals surface area contributed by atoms with Crippen LogP contribution >= 0.6 is 12.2 Å². The van der Waals surface area contributed by atoms with Gasteiger partial charge in [0, 0.05) is 19.5 Å². The first-order valence-corrected chi connectivity index (χ1v) is 5.81. The van der Waals surface area contributed by atoms with Crippen molar-refractivity contribution in [2.45, 2.75) is 13.0 Å². The first kappa shape index (κ1) is 11.9. The van der Waals surface area contributed by atoms with E-state index in [1.807, 2.05) is 29.2 Å². The molecule has 0 bridgehead atoms. The van der Waals surface area contributed by atoms with Gasteiger partial charge < -0.3 is 15.0 Å². The second-order valence-electron chi connectivity index (χ2n) is 3.87. The Bertz CT molecular complexity index is 431. The van der Waals surface area contributed by atoms with Crippen LogP contribution in [0.25, 0.3) is 0 Å². The molecule has 1 fully saturated rings.